The molecule has 3 aromatic rings. The second-order valence-electron chi connectivity index (χ2n) is 10.3. The van der Waals surface area contributed by atoms with Crippen LogP contribution in [0.25, 0.3) is 11.0 Å². The van der Waals surface area contributed by atoms with E-state index >= 15 is 0 Å². The standard InChI is InChI=1S/C29H32N6O/c1-19-6-4-5-7-25(19)35(18-20-8-9-20)23-13-11-22(12-14-23)33(2)28-24(17-31)29(36)34(3)26-15-10-21(16-30)32-27(26)28/h4-7,10,15,20,22-23H,8-9,11-14,18H2,1-3H3/t22-,23-. The molecule has 7 heteroatoms. The molecule has 184 valence electrons. The predicted molar refractivity (Wildman–Crippen MR) is 142 cm³/mol. The molecule has 2 aliphatic rings. The molecule has 2 heterocycles. The quantitative estimate of drug-likeness (QED) is 0.510. The smallest absolute Gasteiger partial charge is 0.270 e. The van der Waals surface area contributed by atoms with E-state index in [0.29, 0.717) is 22.8 Å². The van der Waals surface area contributed by atoms with Crippen molar-refractivity contribution in [3.05, 3.63) is 63.6 Å². The van der Waals surface area contributed by atoms with Crippen LogP contribution in [-0.2, 0) is 7.05 Å². The molecule has 2 saturated carbocycles. The lowest BCUT2D eigenvalue weighted by atomic mass is 9.88. The largest absolute Gasteiger partial charge is 0.369 e. The van der Waals surface area contributed by atoms with Crippen LogP contribution in [0.3, 0.4) is 0 Å². The first-order valence-corrected chi connectivity index (χ1v) is 12.8. The number of hydrogen-bond donors (Lipinski definition) is 0. The predicted octanol–water partition coefficient (Wildman–Crippen LogP) is 4.65. The topological polar surface area (TPSA) is 89.0 Å². The molecule has 5 rings (SSSR count). The number of hydrogen-bond acceptors (Lipinski definition) is 6. The number of pyridine rings is 2. The minimum Gasteiger partial charge on any atom is -0.369 e. The summed E-state index contributed by atoms with van der Waals surface area (Å²) in [6.45, 7) is 3.32. The number of nitrogens with zero attached hydrogens (tertiary/aromatic N) is 6. The van der Waals surface area contributed by atoms with Crippen molar-refractivity contribution in [2.24, 2.45) is 13.0 Å². The Hall–Kier alpha value is -3.84. The van der Waals surface area contributed by atoms with Crippen molar-refractivity contribution in [3.8, 4) is 12.1 Å². The summed E-state index contributed by atoms with van der Waals surface area (Å²) >= 11 is 0. The normalized spacial score (nSPS) is 19.5. The molecule has 2 aromatic heterocycles. The zero-order valence-corrected chi connectivity index (χ0v) is 21.2. The Morgan fingerprint density at radius 3 is 2.33 bits per heavy atom. The monoisotopic (exact) mass is 480 g/mol. The van der Waals surface area contributed by atoms with E-state index in [1.807, 2.05) is 7.05 Å². The number of para-hydroxylation sites is 1. The summed E-state index contributed by atoms with van der Waals surface area (Å²) in [4.78, 5) is 22.3. The summed E-state index contributed by atoms with van der Waals surface area (Å²) in [7, 11) is 3.61. The molecule has 0 aliphatic heterocycles. The highest BCUT2D eigenvalue weighted by atomic mass is 16.1. The number of anilines is 2. The van der Waals surface area contributed by atoms with Gasteiger partial charge in [-0.1, -0.05) is 18.2 Å². The fourth-order valence-electron chi connectivity index (χ4n) is 5.75. The van der Waals surface area contributed by atoms with Crippen molar-refractivity contribution in [2.75, 3.05) is 23.4 Å². The first-order chi connectivity index (χ1) is 17.4. The van der Waals surface area contributed by atoms with E-state index in [0.717, 1.165) is 38.1 Å². The molecule has 0 spiro atoms. The Morgan fingerprint density at radius 2 is 1.69 bits per heavy atom. The van der Waals surface area contributed by atoms with Crippen molar-refractivity contribution in [1.82, 2.24) is 9.55 Å². The number of benzene rings is 1. The maximum Gasteiger partial charge on any atom is 0.270 e. The van der Waals surface area contributed by atoms with Crippen molar-refractivity contribution in [1.29, 1.82) is 10.5 Å². The Bertz CT molecular complexity index is 1430. The van der Waals surface area contributed by atoms with E-state index in [1.165, 1.54) is 28.7 Å². The number of aryl methyl sites for hydroxylation is 2. The van der Waals surface area contributed by atoms with Crippen LogP contribution in [0.1, 0.15) is 55.3 Å². The number of fused-ring (bicyclic) bond motifs is 1. The molecular weight excluding hydrogens is 448 g/mol. The Morgan fingerprint density at radius 1 is 1.00 bits per heavy atom. The van der Waals surface area contributed by atoms with Gasteiger partial charge in [0, 0.05) is 38.4 Å². The molecule has 0 bridgehead atoms. The summed E-state index contributed by atoms with van der Waals surface area (Å²) < 4.78 is 1.45. The van der Waals surface area contributed by atoms with Crippen molar-refractivity contribution < 1.29 is 0 Å². The summed E-state index contributed by atoms with van der Waals surface area (Å²) in [5.41, 5.74) is 4.41. The van der Waals surface area contributed by atoms with Crippen molar-refractivity contribution in [3.63, 3.8) is 0 Å². The van der Waals surface area contributed by atoms with Crippen LogP contribution in [0, 0.1) is 35.5 Å². The molecule has 0 radical (unpaired) electrons. The van der Waals surface area contributed by atoms with Gasteiger partial charge >= 0.3 is 0 Å². The number of aromatic nitrogens is 2. The number of rotatable bonds is 6. The molecular formula is C29H32N6O. The van der Waals surface area contributed by atoms with Gasteiger partial charge in [0.2, 0.25) is 0 Å². The average Bonchev–Trinajstić information content (AvgIpc) is 3.73. The molecule has 0 amide bonds. The van der Waals surface area contributed by atoms with Crippen LogP contribution in [0.2, 0.25) is 0 Å². The van der Waals surface area contributed by atoms with E-state index in [-0.39, 0.29) is 22.9 Å². The second-order valence-corrected chi connectivity index (χ2v) is 10.3. The van der Waals surface area contributed by atoms with Gasteiger partial charge in [0.15, 0.2) is 0 Å². The van der Waals surface area contributed by atoms with Crippen molar-refractivity contribution in [2.45, 2.75) is 57.5 Å². The number of nitriles is 2. The van der Waals surface area contributed by atoms with Crippen LogP contribution in [0.15, 0.2) is 41.2 Å². The van der Waals surface area contributed by atoms with Gasteiger partial charge in [0.25, 0.3) is 5.56 Å². The van der Waals surface area contributed by atoms with Crippen molar-refractivity contribution >= 4 is 22.4 Å². The van der Waals surface area contributed by atoms with Gasteiger partial charge in [-0.3, -0.25) is 4.79 Å². The highest BCUT2D eigenvalue weighted by Gasteiger charge is 2.34. The van der Waals surface area contributed by atoms with Gasteiger partial charge in [-0.15, -0.1) is 0 Å². The molecule has 0 unspecified atom stereocenters. The van der Waals surface area contributed by atoms with Gasteiger partial charge < -0.3 is 14.4 Å². The molecule has 2 aliphatic carbocycles. The highest BCUT2D eigenvalue weighted by molar-refractivity contribution is 5.92. The minimum atomic E-state index is -0.331. The zero-order chi connectivity index (χ0) is 25.4. The average molecular weight is 481 g/mol. The molecule has 7 nitrogen and oxygen atoms in total. The lowest BCUT2D eigenvalue weighted by molar-refractivity contribution is 0.365. The van der Waals surface area contributed by atoms with Gasteiger partial charge in [0.1, 0.15) is 28.9 Å². The van der Waals surface area contributed by atoms with Crippen LogP contribution in [0.4, 0.5) is 11.4 Å². The minimum absolute atomic E-state index is 0.0903. The third-order valence-electron chi connectivity index (χ3n) is 8.03. The molecule has 0 saturated heterocycles. The van der Waals surface area contributed by atoms with Crippen LogP contribution in [0.5, 0.6) is 0 Å². The fraction of sp³-hybridized carbons (Fsp3) is 0.448. The van der Waals surface area contributed by atoms with Gasteiger partial charge in [0.05, 0.1) is 11.2 Å². The lowest BCUT2D eigenvalue weighted by Gasteiger charge is -2.42. The second kappa shape index (κ2) is 9.66. The maximum absolute atomic E-state index is 13.0. The summed E-state index contributed by atoms with van der Waals surface area (Å²) in [6.07, 6.45) is 6.69. The van der Waals surface area contributed by atoms with E-state index < -0.39 is 0 Å². The van der Waals surface area contributed by atoms with Crippen LogP contribution < -0.4 is 15.4 Å². The lowest BCUT2D eigenvalue weighted by Crippen LogP contribution is -2.45. The Labute approximate surface area is 212 Å². The zero-order valence-electron chi connectivity index (χ0n) is 21.2. The van der Waals surface area contributed by atoms with Crippen LogP contribution >= 0.6 is 0 Å². The highest BCUT2D eigenvalue weighted by Crippen LogP contribution is 2.38. The van der Waals surface area contributed by atoms with Crippen LogP contribution in [-0.4, -0.2) is 35.2 Å². The van der Waals surface area contributed by atoms with E-state index in [4.69, 9.17) is 0 Å². The van der Waals surface area contributed by atoms with Gasteiger partial charge in [-0.05, 0) is 75.1 Å². The fourth-order valence-corrected chi connectivity index (χ4v) is 5.75. The molecule has 0 N–H and O–H groups in total. The summed E-state index contributed by atoms with van der Waals surface area (Å²) in [6, 6.07) is 16.9. The molecule has 2 fully saturated rings. The Balaban J connectivity index is 1.44. The molecule has 36 heavy (non-hydrogen) atoms. The first kappa shape index (κ1) is 23.9. The SMILES string of the molecule is Cc1ccccc1N(CC1CC1)[C@H]1CC[C@H](N(C)c2c(C#N)c(=O)n(C)c3ccc(C#N)nc23)CC1. The molecule has 1 aromatic carbocycles. The van der Waals surface area contributed by atoms with E-state index in [1.54, 1.807) is 19.2 Å². The van der Waals surface area contributed by atoms with Gasteiger partial charge in [-0.2, -0.15) is 10.5 Å². The summed E-state index contributed by atoms with van der Waals surface area (Å²) in [5.74, 6) is 0.801. The Kier molecular flexibility index (Phi) is 6.41. The maximum atomic E-state index is 13.0. The third kappa shape index (κ3) is 4.31. The molecule has 0 atom stereocenters. The van der Waals surface area contributed by atoms with E-state index in [2.05, 4.69) is 58.1 Å². The van der Waals surface area contributed by atoms with Gasteiger partial charge in [-0.25, -0.2) is 4.98 Å². The first-order valence-electron chi connectivity index (χ1n) is 12.8. The third-order valence-corrected chi connectivity index (χ3v) is 8.03. The van der Waals surface area contributed by atoms with E-state index in [9.17, 15) is 15.3 Å². The summed E-state index contributed by atoms with van der Waals surface area (Å²) in [5, 5.41) is 19.3.